The van der Waals surface area contributed by atoms with Gasteiger partial charge < -0.3 is 0 Å². The number of nitrogens with zero attached hydrogens (tertiary/aromatic N) is 2. The molecule has 0 aliphatic heterocycles. The van der Waals surface area contributed by atoms with Gasteiger partial charge in [-0.05, 0) is 61.8 Å². The largest absolute Gasteiger partial charge is 0.241 e. The van der Waals surface area contributed by atoms with Gasteiger partial charge in [0, 0.05) is 18.3 Å². The molecule has 0 bridgehead atoms. The summed E-state index contributed by atoms with van der Waals surface area (Å²) >= 11 is 0. The van der Waals surface area contributed by atoms with Gasteiger partial charge in [0.15, 0.2) is 0 Å². The van der Waals surface area contributed by atoms with Gasteiger partial charge in [0.05, 0.1) is 0 Å². The van der Waals surface area contributed by atoms with Gasteiger partial charge in [-0.1, -0.05) is 84.5 Å². The van der Waals surface area contributed by atoms with E-state index in [1.165, 1.54) is 108 Å². The summed E-state index contributed by atoms with van der Waals surface area (Å²) < 4.78 is 0. The summed E-state index contributed by atoms with van der Waals surface area (Å²) in [6.07, 6.45) is 27.9. The van der Waals surface area contributed by atoms with Crippen molar-refractivity contribution in [3.63, 3.8) is 0 Å². The fourth-order valence-electron chi connectivity index (χ4n) is 5.75. The molecule has 29 heavy (non-hydrogen) atoms. The molecule has 3 rings (SSSR count). The normalized spacial score (nSPS) is 27.8. The molecule has 2 nitrogen and oxygen atoms in total. The Morgan fingerprint density at radius 2 is 1.24 bits per heavy atom. The van der Waals surface area contributed by atoms with Crippen molar-refractivity contribution in [1.29, 1.82) is 0 Å². The monoisotopic (exact) mass is 398 g/mol. The second kappa shape index (κ2) is 12.7. The third-order valence-corrected chi connectivity index (χ3v) is 8.03. The third-order valence-electron chi connectivity index (χ3n) is 8.03. The first-order valence-corrected chi connectivity index (χ1v) is 13.1. The molecule has 0 radical (unpaired) electrons. The predicted octanol–water partition coefficient (Wildman–Crippen LogP) is 8.26. The van der Waals surface area contributed by atoms with Crippen molar-refractivity contribution >= 4 is 0 Å². The number of aromatic nitrogens is 2. The first kappa shape index (κ1) is 22.8. The molecule has 0 amide bonds. The molecule has 1 aromatic heterocycles. The van der Waals surface area contributed by atoms with E-state index in [1.807, 2.05) is 0 Å². The Kier molecular flexibility index (Phi) is 9.97. The second-order valence-corrected chi connectivity index (χ2v) is 10.2. The van der Waals surface area contributed by atoms with Crippen molar-refractivity contribution in [2.75, 3.05) is 0 Å². The van der Waals surface area contributed by atoms with Gasteiger partial charge in [-0.3, -0.25) is 0 Å². The maximum atomic E-state index is 4.77. The minimum absolute atomic E-state index is 0.616. The number of unbranched alkanes of at least 4 members (excludes halogenated alkanes) is 4. The molecule has 2 fully saturated rings. The van der Waals surface area contributed by atoms with Crippen LogP contribution in [0.3, 0.4) is 0 Å². The van der Waals surface area contributed by atoms with Crippen LogP contribution >= 0.6 is 0 Å². The van der Waals surface area contributed by atoms with E-state index < -0.39 is 0 Å². The standard InChI is InChI=1S/C27H46N2/c1-3-5-6-7-8-9-25-20-28-27(29-21-25)26-18-16-24(17-19-26)15-14-23-12-10-22(4-2)11-13-23/h20-24,26H,3-19H2,1-2H3/t22-,23-,24?,26?. The Bertz CT molecular complexity index is 536. The molecule has 2 heteroatoms. The highest BCUT2D eigenvalue weighted by Gasteiger charge is 2.26. The quantitative estimate of drug-likeness (QED) is 0.350. The summed E-state index contributed by atoms with van der Waals surface area (Å²) in [5.74, 6) is 4.78. The summed E-state index contributed by atoms with van der Waals surface area (Å²) in [6, 6.07) is 0. The van der Waals surface area contributed by atoms with Gasteiger partial charge in [0.1, 0.15) is 5.82 Å². The van der Waals surface area contributed by atoms with E-state index in [9.17, 15) is 0 Å². The molecular weight excluding hydrogens is 352 g/mol. The number of rotatable bonds is 11. The molecule has 2 saturated carbocycles. The van der Waals surface area contributed by atoms with Crippen LogP contribution < -0.4 is 0 Å². The van der Waals surface area contributed by atoms with E-state index in [4.69, 9.17) is 9.97 Å². The van der Waals surface area contributed by atoms with Gasteiger partial charge in [0.2, 0.25) is 0 Å². The number of hydrogen-bond donors (Lipinski definition) is 0. The first-order chi connectivity index (χ1) is 14.3. The summed E-state index contributed by atoms with van der Waals surface area (Å²) in [5, 5.41) is 0. The van der Waals surface area contributed by atoms with Crippen LogP contribution in [-0.4, -0.2) is 9.97 Å². The Hall–Kier alpha value is -0.920. The fourth-order valence-corrected chi connectivity index (χ4v) is 5.75. The second-order valence-electron chi connectivity index (χ2n) is 10.2. The lowest BCUT2D eigenvalue weighted by atomic mass is 9.75. The van der Waals surface area contributed by atoms with Crippen molar-refractivity contribution in [2.24, 2.45) is 17.8 Å². The Labute approximate surface area is 180 Å². The van der Waals surface area contributed by atoms with Crippen molar-refractivity contribution < 1.29 is 0 Å². The maximum absolute atomic E-state index is 4.77. The summed E-state index contributed by atoms with van der Waals surface area (Å²) in [7, 11) is 0. The molecule has 0 N–H and O–H groups in total. The van der Waals surface area contributed by atoms with Crippen molar-refractivity contribution in [3.8, 4) is 0 Å². The van der Waals surface area contributed by atoms with Crippen molar-refractivity contribution in [2.45, 2.75) is 129 Å². The molecule has 0 atom stereocenters. The van der Waals surface area contributed by atoms with Crippen LogP contribution in [0.25, 0.3) is 0 Å². The minimum Gasteiger partial charge on any atom is -0.241 e. The Balaban J connectivity index is 1.32. The molecule has 0 spiro atoms. The van der Waals surface area contributed by atoms with Crippen LogP contribution in [0.5, 0.6) is 0 Å². The van der Waals surface area contributed by atoms with Gasteiger partial charge >= 0.3 is 0 Å². The lowest BCUT2D eigenvalue weighted by Gasteiger charge is -2.31. The average Bonchev–Trinajstić information content (AvgIpc) is 2.79. The number of hydrogen-bond acceptors (Lipinski definition) is 2. The zero-order valence-electron chi connectivity index (χ0n) is 19.4. The molecule has 1 aromatic rings. The zero-order chi connectivity index (χ0) is 20.3. The van der Waals surface area contributed by atoms with E-state index >= 15 is 0 Å². The molecule has 0 unspecified atom stereocenters. The van der Waals surface area contributed by atoms with Gasteiger partial charge in [-0.2, -0.15) is 0 Å². The lowest BCUT2D eigenvalue weighted by Crippen LogP contribution is -2.18. The van der Waals surface area contributed by atoms with Gasteiger partial charge in [-0.15, -0.1) is 0 Å². The van der Waals surface area contributed by atoms with Crippen molar-refractivity contribution in [1.82, 2.24) is 9.97 Å². The molecule has 0 aromatic carbocycles. The highest BCUT2D eigenvalue weighted by molar-refractivity contribution is 5.08. The fraction of sp³-hybridized carbons (Fsp3) is 0.852. The Morgan fingerprint density at radius 1 is 0.690 bits per heavy atom. The third kappa shape index (κ3) is 7.68. The topological polar surface area (TPSA) is 25.8 Å². The van der Waals surface area contributed by atoms with Crippen LogP contribution in [0, 0.1) is 17.8 Å². The summed E-state index contributed by atoms with van der Waals surface area (Å²) in [6.45, 7) is 4.65. The van der Waals surface area contributed by atoms with E-state index in [0.717, 1.165) is 30.0 Å². The van der Waals surface area contributed by atoms with Crippen LogP contribution in [0.2, 0.25) is 0 Å². The van der Waals surface area contributed by atoms with Crippen LogP contribution in [-0.2, 0) is 6.42 Å². The highest BCUT2D eigenvalue weighted by atomic mass is 14.9. The van der Waals surface area contributed by atoms with Crippen LogP contribution in [0.4, 0.5) is 0 Å². The zero-order valence-corrected chi connectivity index (χ0v) is 19.4. The molecular formula is C27H46N2. The SMILES string of the molecule is CCCCCCCc1cnc(C2CCC(CC[C@H]3CC[C@H](CC)CC3)CC2)nc1. The van der Waals surface area contributed by atoms with E-state index in [-0.39, 0.29) is 0 Å². The van der Waals surface area contributed by atoms with Crippen LogP contribution in [0.1, 0.15) is 134 Å². The molecule has 2 aliphatic rings. The van der Waals surface area contributed by atoms with Crippen molar-refractivity contribution in [3.05, 3.63) is 23.8 Å². The van der Waals surface area contributed by atoms with Gasteiger partial charge in [-0.25, -0.2) is 9.97 Å². The maximum Gasteiger partial charge on any atom is 0.131 e. The molecule has 0 saturated heterocycles. The lowest BCUT2D eigenvalue weighted by molar-refractivity contribution is 0.226. The average molecular weight is 399 g/mol. The number of aryl methyl sites for hydroxylation is 1. The van der Waals surface area contributed by atoms with Gasteiger partial charge in [0.25, 0.3) is 0 Å². The van der Waals surface area contributed by atoms with E-state index in [1.54, 1.807) is 0 Å². The highest BCUT2D eigenvalue weighted by Crippen LogP contribution is 2.39. The predicted molar refractivity (Wildman–Crippen MR) is 124 cm³/mol. The van der Waals surface area contributed by atoms with E-state index in [2.05, 4.69) is 26.2 Å². The molecule has 2 aliphatic carbocycles. The smallest absolute Gasteiger partial charge is 0.131 e. The first-order valence-electron chi connectivity index (χ1n) is 13.1. The Morgan fingerprint density at radius 3 is 1.83 bits per heavy atom. The summed E-state index contributed by atoms with van der Waals surface area (Å²) in [5.41, 5.74) is 1.33. The van der Waals surface area contributed by atoms with E-state index in [0.29, 0.717) is 5.92 Å². The summed E-state index contributed by atoms with van der Waals surface area (Å²) in [4.78, 5) is 9.53. The van der Waals surface area contributed by atoms with Crippen LogP contribution in [0.15, 0.2) is 12.4 Å². The molecule has 1 heterocycles. The minimum atomic E-state index is 0.616. The molecule has 164 valence electrons.